The van der Waals surface area contributed by atoms with Gasteiger partial charge in [0.05, 0.1) is 36.1 Å². The van der Waals surface area contributed by atoms with Gasteiger partial charge in [0.15, 0.2) is 11.5 Å². The molecule has 0 spiro atoms. The second kappa shape index (κ2) is 10.0. The SMILES string of the molecule is CCOc1c(Br)cc(/C=N\NC(=O)[C@@H](C)n2cnc3sc4c(c3c2=O)CCCC4)cc1OC. The normalized spacial score (nSPS) is 14.3. The van der Waals surface area contributed by atoms with E-state index in [0.717, 1.165) is 40.5 Å². The third-order valence-corrected chi connectivity index (χ3v) is 7.41. The van der Waals surface area contributed by atoms with Gasteiger partial charge >= 0.3 is 0 Å². The number of halogens is 1. The number of fused-ring (bicyclic) bond motifs is 3. The first kappa shape index (κ1) is 23.4. The van der Waals surface area contributed by atoms with Crippen molar-refractivity contribution in [1.29, 1.82) is 0 Å². The van der Waals surface area contributed by atoms with Crippen LogP contribution in [0.5, 0.6) is 11.5 Å². The van der Waals surface area contributed by atoms with Crippen LogP contribution >= 0.6 is 27.3 Å². The van der Waals surface area contributed by atoms with Crippen molar-refractivity contribution in [3.05, 3.63) is 49.3 Å². The number of aromatic nitrogens is 2. The van der Waals surface area contributed by atoms with Crippen LogP contribution in [0.25, 0.3) is 10.2 Å². The van der Waals surface area contributed by atoms with Crippen LogP contribution in [0, 0.1) is 0 Å². The number of thiophene rings is 1. The van der Waals surface area contributed by atoms with Crippen LogP contribution in [-0.4, -0.2) is 35.4 Å². The number of carbonyl (C=O) groups is 1. The zero-order valence-corrected chi connectivity index (χ0v) is 21.1. The van der Waals surface area contributed by atoms with E-state index in [2.05, 4.69) is 31.4 Å². The number of hydrogen-bond acceptors (Lipinski definition) is 7. The molecule has 33 heavy (non-hydrogen) atoms. The Kier molecular flexibility index (Phi) is 7.14. The lowest BCUT2D eigenvalue weighted by Gasteiger charge is -2.14. The molecule has 174 valence electrons. The maximum absolute atomic E-state index is 13.2. The van der Waals surface area contributed by atoms with Crippen LogP contribution in [0.2, 0.25) is 0 Å². The molecule has 1 N–H and O–H groups in total. The number of rotatable bonds is 7. The van der Waals surface area contributed by atoms with Gasteiger partial charge in [-0.3, -0.25) is 14.2 Å². The average molecular weight is 533 g/mol. The molecule has 2 aromatic heterocycles. The van der Waals surface area contributed by atoms with Gasteiger partial charge in [0.25, 0.3) is 11.5 Å². The Bertz CT molecular complexity index is 1280. The van der Waals surface area contributed by atoms with Gasteiger partial charge in [-0.25, -0.2) is 10.4 Å². The molecule has 1 atom stereocenters. The first-order chi connectivity index (χ1) is 15.9. The molecule has 0 bridgehead atoms. The molecule has 0 unspecified atom stereocenters. The number of methoxy groups -OCH3 is 1. The molecule has 3 aromatic rings. The highest BCUT2D eigenvalue weighted by Crippen LogP contribution is 2.36. The molecule has 1 aliphatic carbocycles. The minimum atomic E-state index is -0.757. The van der Waals surface area contributed by atoms with E-state index < -0.39 is 11.9 Å². The average Bonchev–Trinajstić information content (AvgIpc) is 3.19. The molecule has 1 aliphatic rings. The van der Waals surface area contributed by atoms with Gasteiger partial charge in [-0.1, -0.05) is 0 Å². The lowest BCUT2D eigenvalue weighted by Crippen LogP contribution is -2.34. The zero-order valence-electron chi connectivity index (χ0n) is 18.7. The molecule has 1 aromatic carbocycles. The van der Waals surface area contributed by atoms with E-state index in [9.17, 15) is 9.59 Å². The molecule has 0 radical (unpaired) electrons. The van der Waals surface area contributed by atoms with E-state index in [1.807, 2.05) is 13.0 Å². The van der Waals surface area contributed by atoms with Gasteiger partial charge < -0.3 is 9.47 Å². The Morgan fingerprint density at radius 2 is 2.18 bits per heavy atom. The third-order valence-electron chi connectivity index (χ3n) is 5.63. The number of amides is 1. The van der Waals surface area contributed by atoms with Crippen LogP contribution in [0.1, 0.15) is 48.7 Å². The van der Waals surface area contributed by atoms with Gasteiger partial charge in [-0.05, 0) is 78.7 Å². The molecule has 4 rings (SSSR count). The molecule has 0 saturated heterocycles. The van der Waals surface area contributed by atoms with Crippen LogP contribution in [0.15, 0.2) is 32.8 Å². The van der Waals surface area contributed by atoms with Gasteiger partial charge in [0.1, 0.15) is 10.9 Å². The van der Waals surface area contributed by atoms with E-state index in [1.54, 1.807) is 31.4 Å². The number of ether oxygens (including phenoxy) is 2. The number of hydrogen-bond donors (Lipinski definition) is 1. The molecule has 2 heterocycles. The van der Waals surface area contributed by atoms with E-state index in [0.29, 0.717) is 29.1 Å². The first-order valence-corrected chi connectivity index (χ1v) is 12.4. The Labute approximate surface area is 203 Å². The zero-order chi connectivity index (χ0) is 23.5. The van der Waals surface area contributed by atoms with Crippen molar-refractivity contribution < 1.29 is 14.3 Å². The molecular weight excluding hydrogens is 508 g/mol. The van der Waals surface area contributed by atoms with Crippen molar-refractivity contribution in [3.63, 3.8) is 0 Å². The lowest BCUT2D eigenvalue weighted by atomic mass is 9.97. The van der Waals surface area contributed by atoms with Gasteiger partial charge in [0.2, 0.25) is 0 Å². The summed E-state index contributed by atoms with van der Waals surface area (Å²) in [6.07, 6.45) is 7.06. The minimum absolute atomic E-state index is 0.175. The summed E-state index contributed by atoms with van der Waals surface area (Å²) in [6.45, 7) is 4.06. The number of hydrazone groups is 1. The quantitative estimate of drug-likeness (QED) is 0.363. The minimum Gasteiger partial charge on any atom is -0.493 e. The standard InChI is InChI=1S/C23H25BrN4O4S/c1-4-32-20-16(24)9-14(10-17(20)31-3)11-26-27-21(29)13(2)28-12-25-22-19(23(28)30)15-7-5-6-8-18(15)33-22/h9-13H,4-8H2,1-3H3,(H,27,29)/b26-11-/t13-/m1/s1. The highest BCUT2D eigenvalue weighted by atomic mass is 79.9. The summed E-state index contributed by atoms with van der Waals surface area (Å²) in [4.78, 5) is 32.4. The Morgan fingerprint density at radius 3 is 2.94 bits per heavy atom. The summed E-state index contributed by atoms with van der Waals surface area (Å²) in [5.74, 6) is 0.751. The van der Waals surface area contributed by atoms with Gasteiger partial charge in [-0.2, -0.15) is 5.10 Å². The molecule has 0 saturated carbocycles. The number of aryl methyl sites for hydroxylation is 2. The highest BCUT2D eigenvalue weighted by Gasteiger charge is 2.23. The fourth-order valence-electron chi connectivity index (χ4n) is 3.92. The predicted molar refractivity (Wildman–Crippen MR) is 133 cm³/mol. The first-order valence-electron chi connectivity index (χ1n) is 10.8. The number of carbonyl (C=O) groups excluding carboxylic acids is 1. The maximum Gasteiger partial charge on any atom is 0.263 e. The number of nitrogens with one attached hydrogen (secondary N) is 1. The van der Waals surface area contributed by atoms with Crippen LogP contribution in [-0.2, 0) is 17.6 Å². The van der Waals surface area contributed by atoms with Crippen LogP contribution in [0.3, 0.4) is 0 Å². The van der Waals surface area contributed by atoms with Gasteiger partial charge in [0, 0.05) is 4.88 Å². The van der Waals surface area contributed by atoms with E-state index in [1.165, 1.54) is 22.0 Å². The maximum atomic E-state index is 13.2. The monoisotopic (exact) mass is 532 g/mol. The molecule has 0 aliphatic heterocycles. The van der Waals surface area contributed by atoms with E-state index in [-0.39, 0.29) is 5.56 Å². The summed E-state index contributed by atoms with van der Waals surface area (Å²) < 4.78 is 13.1. The van der Waals surface area contributed by atoms with Gasteiger partial charge in [-0.15, -0.1) is 11.3 Å². The summed E-state index contributed by atoms with van der Waals surface area (Å²) in [7, 11) is 1.56. The second-order valence-electron chi connectivity index (χ2n) is 7.73. The summed E-state index contributed by atoms with van der Waals surface area (Å²) in [5.41, 5.74) is 4.15. The van der Waals surface area contributed by atoms with E-state index in [4.69, 9.17) is 9.47 Å². The van der Waals surface area contributed by atoms with Crippen molar-refractivity contribution in [3.8, 4) is 11.5 Å². The number of nitrogens with zero attached hydrogens (tertiary/aromatic N) is 3. The fourth-order valence-corrected chi connectivity index (χ4v) is 5.72. The summed E-state index contributed by atoms with van der Waals surface area (Å²) in [6, 6.07) is 2.82. The topological polar surface area (TPSA) is 94.8 Å². The largest absolute Gasteiger partial charge is 0.493 e. The lowest BCUT2D eigenvalue weighted by molar-refractivity contribution is -0.123. The van der Waals surface area contributed by atoms with Crippen LogP contribution in [0.4, 0.5) is 0 Å². The van der Waals surface area contributed by atoms with Crippen molar-refractivity contribution in [2.45, 2.75) is 45.6 Å². The van der Waals surface area contributed by atoms with Crippen molar-refractivity contribution in [2.24, 2.45) is 5.10 Å². The Morgan fingerprint density at radius 1 is 1.39 bits per heavy atom. The summed E-state index contributed by atoms with van der Waals surface area (Å²) in [5, 5.41) is 4.72. The molecular formula is C23H25BrN4O4S. The molecule has 0 fully saturated rings. The third kappa shape index (κ3) is 4.67. The number of benzene rings is 1. The summed E-state index contributed by atoms with van der Waals surface area (Å²) >= 11 is 5.06. The Balaban J connectivity index is 1.52. The van der Waals surface area contributed by atoms with Crippen LogP contribution < -0.4 is 20.5 Å². The smallest absolute Gasteiger partial charge is 0.263 e. The second-order valence-corrected chi connectivity index (χ2v) is 9.66. The molecule has 1 amide bonds. The highest BCUT2D eigenvalue weighted by molar-refractivity contribution is 9.10. The molecule has 10 heteroatoms. The Hall–Kier alpha value is -2.72. The van der Waals surface area contributed by atoms with E-state index >= 15 is 0 Å². The van der Waals surface area contributed by atoms with Crippen molar-refractivity contribution in [2.75, 3.05) is 13.7 Å². The van der Waals surface area contributed by atoms with Crippen molar-refractivity contribution >= 4 is 49.6 Å². The van der Waals surface area contributed by atoms with Crippen molar-refractivity contribution in [1.82, 2.24) is 15.0 Å². The predicted octanol–water partition coefficient (Wildman–Crippen LogP) is 4.22. The molecule has 8 nitrogen and oxygen atoms in total. The fraction of sp³-hybridized carbons (Fsp3) is 0.391.